The minimum atomic E-state index is -0.361. The van der Waals surface area contributed by atoms with E-state index in [1.54, 1.807) is 6.26 Å². The number of nitrogens with one attached hydrogen (secondary N) is 1. The van der Waals surface area contributed by atoms with Crippen molar-refractivity contribution in [1.29, 1.82) is 5.26 Å². The number of ether oxygens (including phenoxy) is 2. The van der Waals surface area contributed by atoms with E-state index in [4.69, 9.17) is 9.47 Å². The van der Waals surface area contributed by atoms with Crippen LogP contribution >= 0.6 is 0 Å². The van der Waals surface area contributed by atoms with Crippen molar-refractivity contribution in [2.45, 2.75) is 38.0 Å². The number of benzene rings is 1. The number of aromatic amines is 1. The highest BCUT2D eigenvalue weighted by atomic mass is 16.5. The molecule has 0 bridgehead atoms. The lowest BCUT2D eigenvalue weighted by Crippen LogP contribution is -2.57. The van der Waals surface area contributed by atoms with Crippen molar-refractivity contribution in [2.24, 2.45) is 11.8 Å². The second kappa shape index (κ2) is 6.39. The van der Waals surface area contributed by atoms with Crippen molar-refractivity contribution in [3.8, 4) is 6.07 Å². The van der Waals surface area contributed by atoms with Crippen LogP contribution in [0, 0.1) is 23.2 Å². The number of carbonyl (C=O) groups excluding carboxylic acids is 1. The van der Waals surface area contributed by atoms with Gasteiger partial charge in [-0.1, -0.05) is 18.2 Å². The molecule has 1 N–H and O–H groups in total. The Balaban J connectivity index is 1.62. The van der Waals surface area contributed by atoms with Crippen molar-refractivity contribution in [2.75, 3.05) is 13.7 Å². The van der Waals surface area contributed by atoms with E-state index in [1.807, 2.05) is 13.0 Å². The molecular formula is C22H23N3O3. The number of piperidine rings is 1. The van der Waals surface area contributed by atoms with E-state index < -0.39 is 0 Å². The maximum atomic E-state index is 12.4. The van der Waals surface area contributed by atoms with Crippen LogP contribution in [0.2, 0.25) is 0 Å². The van der Waals surface area contributed by atoms with Crippen LogP contribution in [-0.4, -0.2) is 41.7 Å². The van der Waals surface area contributed by atoms with Crippen LogP contribution in [-0.2, 0) is 20.7 Å². The lowest BCUT2D eigenvalue weighted by molar-refractivity contribution is -0.139. The van der Waals surface area contributed by atoms with Gasteiger partial charge >= 0.3 is 5.97 Å². The van der Waals surface area contributed by atoms with Crippen LogP contribution in [0.3, 0.4) is 0 Å². The summed E-state index contributed by atoms with van der Waals surface area (Å²) in [6, 6.07) is 10.7. The zero-order valence-electron chi connectivity index (χ0n) is 16.0. The summed E-state index contributed by atoms with van der Waals surface area (Å²) in [5.74, 6) is -0.467. The molecule has 0 aliphatic carbocycles. The summed E-state index contributed by atoms with van der Waals surface area (Å²) in [6.07, 6.45) is 3.13. The number of nitrogens with zero attached hydrogens (tertiary/aromatic N) is 2. The molecule has 5 atom stereocenters. The van der Waals surface area contributed by atoms with Gasteiger partial charge in [0.2, 0.25) is 0 Å². The smallest absolute Gasteiger partial charge is 0.337 e. The average molecular weight is 377 g/mol. The number of esters is 1. The topological polar surface area (TPSA) is 78.3 Å². The second-order valence-corrected chi connectivity index (χ2v) is 7.97. The first-order chi connectivity index (χ1) is 13.6. The third-order valence-corrected chi connectivity index (χ3v) is 6.77. The highest BCUT2D eigenvalue weighted by Crippen LogP contribution is 2.50. The lowest BCUT2D eigenvalue weighted by Gasteiger charge is -2.51. The molecule has 3 aliphatic rings. The highest BCUT2D eigenvalue weighted by Gasteiger charge is 2.52. The summed E-state index contributed by atoms with van der Waals surface area (Å²) in [4.78, 5) is 18.3. The third-order valence-electron chi connectivity index (χ3n) is 6.77. The van der Waals surface area contributed by atoms with E-state index in [1.165, 1.54) is 23.8 Å². The molecular weight excluding hydrogens is 354 g/mol. The Morgan fingerprint density at radius 1 is 1.39 bits per heavy atom. The molecule has 0 saturated carbocycles. The fraction of sp³-hybridized carbons (Fsp3) is 0.455. The van der Waals surface area contributed by atoms with E-state index in [9.17, 15) is 10.1 Å². The molecule has 0 spiro atoms. The number of hydrogen-bond donors (Lipinski definition) is 1. The first kappa shape index (κ1) is 17.3. The van der Waals surface area contributed by atoms with Crippen LogP contribution in [0.15, 0.2) is 36.1 Å². The molecule has 1 aromatic heterocycles. The Hall–Kier alpha value is -2.78. The predicted octanol–water partition coefficient (Wildman–Crippen LogP) is 3.07. The van der Waals surface area contributed by atoms with Gasteiger partial charge in [-0.25, -0.2) is 4.79 Å². The molecule has 5 rings (SSSR count). The number of hydrogen-bond acceptors (Lipinski definition) is 5. The summed E-state index contributed by atoms with van der Waals surface area (Å²) < 4.78 is 10.8. The Kier molecular flexibility index (Phi) is 3.95. The third kappa shape index (κ3) is 2.33. The molecule has 0 amide bonds. The fourth-order valence-electron chi connectivity index (χ4n) is 5.52. The Morgan fingerprint density at radius 3 is 3.00 bits per heavy atom. The lowest BCUT2D eigenvalue weighted by atomic mass is 9.68. The first-order valence-corrected chi connectivity index (χ1v) is 9.82. The Morgan fingerprint density at radius 2 is 2.21 bits per heavy atom. The van der Waals surface area contributed by atoms with Crippen LogP contribution in [0.25, 0.3) is 10.9 Å². The van der Waals surface area contributed by atoms with Gasteiger partial charge in [0.25, 0.3) is 0 Å². The van der Waals surface area contributed by atoms with E-state index in [0.717, 1.165) is 24.9 Å². The molecule has 3 aliphatic heterocycles. The zero-order chi connectivity index (χ0) is 19.4. The Bertz CT molecular complexity index is 1020. The van der Waals surface area contributed by atoms with Crippen LogP contribution in [0.5, 0.6) is 0 Å². The number of para-hydroxylation sites is 1. The summed E-state index contributed by atoms with van der Waals surface area (Å²) in [7, 11) is 1.39. The molecule has 144 valence electrons. The Labute approximate surface area is 163 Å². The van der Waals surface area contributed by atoms with E-state index in [0.29, 0.717) is 5.57 Å². The van der Waals surface area contributed by atoms with Gasteiger partial charge in [0.05, 0.1) is 31.1 Å². The van der Waals surface area contributed by atoms with E-state index in [2.05, 4.69) is 34.2 Å². The molecule has 6 heteroatoms. The summed E-state index contributed by atoms with van der Waals surface area (Å²) in [5.41, 5.74) is 4.22. The van der Waals surface area contributed by atoms with E-state index in [-0.39, 0.29) is 36.0 Å². The number of rotatable bonds is 1. The quantitative estimate of drug-likeness (QED) is 0.773. The number of H-pyrrole nitrogens is 1. The predicted molar refractivity (Wildman–Crippen MR) is 103 cm³/mol. The monoisotopic (exact) mass is 377 g/mol. The van der Waals surface area contributed by atoms with Gasteiger partial charge in [0.1, 0.15) is 12.1 Å². The van der Waals surface area contributed by atoms with Crippen LogP contribution in [0.4, 0.5) is 0 Å². The molecule has 0 radical (unpaired) electrons. The van der Waals surface area contributed by atoms with E-state index >= 15 is 0 Å². The van der Waals surface area contributed by atoms with Crippen LogP contribution < -0.4 is 0 Å². The molecule has 2 unspecified atom stereocenters. The minimum Gasteiger partial charge on any atom is -0.497 e. The maximum Gasteiger partial charge on any atom is 0.337 e. The van der Waals surface area contributed by atoms with Gasteiger partial charge in [0.15, 0.2) is 0 Å². The second-order valence-electron chi connectivity index (χ2n) is 7.97. The molecule has 1 fully saturated rings. The van der Waals surface area contributed by atoms with Gasteiger partial charge in [0, 0.05) is 35.0 Å². The van der Waals surface area contributed by atoms with Crippen molar-refractivity contribution < 1.29 is 14.3 Å². The van der Waals surface area contributed by atoms with Gasteiger partial charge in [-0.3, -0.25) is 4.90 Å². The van der Waals surface area contributed by atoms with Crippen molar-refractivity contribution in [3.63, 3.8) is 0 Å². The van der Waals surface area contributed by atoms with Gasteiger partial charge in [-0.15, -0.1) is 0 Å². The number of fused-ring (bicyclic) bond motifs is 6. The summed E-state index contributed by atoms with van der Waals surface area (Å²) in [5, 5.41) is 11.3. The van der Waals surface area contributed by atoms with Crippen molar-refractivity contribution in [1.82, 2.24) is 9.88 Å². The molecule has 4 heterocycles. The molecule has 1 aromatic carbocycles. The standard InChI is InChI=1S/C22H23N3O3/c1-12-20-15(16(11-28-12)22(26)27-2)9-18-21-14(7-8-25(18)19(20)10-23)13-5-3-4-6-17(13)24-21/h3-6,11-12,15,18-20,24H,7-9H2,1-2H3/t12-,15?,18?,19-,20-/m1/s1. The fourth-order valence-corrected chi connectivity index (χ4v) is 5.52. The summed E-state index contributed by atoms with van der Waals surface area (Å²) in [6.45, 7) is 2.83. The van der Waals surface area contributed by atoms with Crippen molar-refractivity contribution >= 4 is 16.9 Å². The normalized spacial score (nSPS) is 31.6. The highest BCUT2D eigenvalue weighted by molar-refractivity contribution is 5.89. The number of aromatic nitrogens is 1. The SMILES string of the molecule is COC(=O)C1=CO[C@H](C)[C@@H]2C1CC1c3[nH]c4ccccc4c3CCN1[C@@H]2C#N. The average Bonchev–Trinajstić information content (AvgIpc) is 3.11. The first-order valence-electron chi connectivity index (χ1n) is 9.82. The minimum absolute atomic E-state index is 0.0497. The summed E-state index contributed by atoms with van der Waals surface area (Å²) >= 11 is 0. The van der Waals surface area contributed by atoms with Crippen molar-refractivity contribution in [3.05, 3.63) is 47.4 Å². The van der Waals surface area contributed by atoms with Gasteiger partial charge < -0.3 is 14.5 Å². The molecule has 28 heavy (non-hydrogen) atoms. The molecule has 1 saturated heterocycles. The maximum absolute atomic E-state index is 12.4. The number of carbonyl (C=O) groups is 1. The zero-order valence-corrected chi connectivity index (χ0v) is 16.0. The number of methoxy groups -OCH3 is 1. The number of nitriles is 1. The molecule has 6 nitrogen and oxygen atoms in total. The largest absolute Gasteiger partial charge is 0.497 e. The van der Waals surface area contributed by atoms with Gasteiger partial charge in [-0.2, -0.15) is 5.26 Å². The molecule has 2 aromatic rings. The van der Waals surface area contributed by atoms with Crippen LogP contribution in [0.1, 0.15) is 30.6 Å². The van der Waals surface area contributed by atoms with Gasteiger partial charge in [-0.05, 0) is 31.4 Å².